The first-order chi connectivity index (χ1) is 12.0. The molecule has 1 aliphatic heterocycles. The molecule has 0 bridgehead atoms. The Labute approximate surface area is 142 Å². The van der Waals surface area contributed by atoms with Crippen LogP contribution >= 0.6 is 0 Å². The molecule has 10 heteroatoms. The first kappa shape index (κ1) is 17.4. The van der Waals surface area contributed by atoms with Gasteiger partial charge in [0.05, 0.1) is 30.2 Å². The van der Waals surface area contributed by atoms with Crippen molar-refractivity contribution in [3.63, 3.8) is 0 Å². The molecule has 0 spiro atoms. The number of halogens is 3. The average Bonchev–Trinajstić information content (AvgIpc) is 2.61. The van der Waals surface area contributed by atoms with Crippen molar-refractivity contribution < 1.29 is 17.9 Å². The molecule has 0 aliphatic carbocycles. The Kier molecular flexibility index (Phi) is 5.29. The number of nitrogens with zero attached hydrogens (tertiary/aromatic N) is 3. The number of hydrogen-bond acceptors (Lipinski definition) is 7. The first-order valence-electron chi connectivity index (χ1n) is 7.69. The molecule has 25 heavy (non-hydrogen) atoms. The molecular formula is C15H17F3N6O. The van der Waals surface area contributed by atoms with Crippen LogP contribution in [0, 0.1) is 0 Å². The molecule has 2 aromatic heterocycles. The molecule has 3 rings (SSSR count). The van der Waals surface area contributed by atoms with E-state index in [1.807, 2.05) is 0 Å². The van der Waals surface area contributed by atoms with Crippen LogP contribution in [0.4, 0.5) is 30.5 Å². The quantitative estimate of drug-likeness (QED) is 0.758. The van der Waals surface area contributed by atoms with Gasteiger partial charge in [0.15, 0.2) is 0 Å². The van der Waals surface area contributed by atoms with Gasteiger partial charge in [0, 0.05) is 44.3 Å². The second kappa shape index (κ2) is 7.62. The van der Waals surface area contributed by atoms with Crippen LogP contribution in [-0.2, 0) is 10.9 Å². The van der Waals surface area contributed by atoms with Crippen molar-refractivity contribution in [3.8, 4) is 0 Å². The Hall–Kier alpha value is -2.46. The van der Waals surface area contributed by atoms with Crippen LogP contribution < -0.4 is 16.0 Å². The van der Waals surface area contributed by atoms with E-state index in [0.717, 1.165) is 12.7 Å². The number of anilines is 3. The van der Waals surface area contributed by atoms with Gasteiger partial charge in [0.1, 0.15) is 11.6 Å². The third-order valence-electron chi connectivity index (χ3n) is 3.55. The van der Waals surface area contributed by atoms with Crippen molar-refractivity contribution in [3.05, 3.63) is 36.4 Å². The fourth-order valence-electron chi connectivity index (χ4n) is 2.37. The van der Waals surface area contributed by atoms with Crippen molar-refractivity contribution in [1.82, 2.24) is 20.3 Å². The summed E-state index contributed by atoms with van der Waals surface area (Å²) >= 11 is 0. The smallest absolute Gasteiger partial charge is 0.382 e. The van der Waals surface area contributed by atoms with Gasteiger partial charge < -0.3 is 20.7 Å². The summed E-state index contributed by atoms with van der Waals surface area (Å²) in [5.74, 6) is 0.624. The number of alkyl halides is 3. The Morgan fingerprint density at radius 3 is 2.76 bits per heavy atom. The summed E-state index contributed by atoms with van der Waals surface area (Å²) < 4.78 is 45.1. The number of hydrogen-bond donors (Lipinski definition) is 3. The maximum atomic E-state index is 13.2. The summed E-state index contributed by atoms with van der Waals surface area (Å²) in [6.07, 6.45) is 0.510. The molecule has 1 aliphatic rings. The fourth-order valence-corrected chi connectivity index (χ4v) is 2.37. The highest BCUT2D eigenvalue weighted by molar-refractivity contribution is 5.62. The molecular weight excluding hydrogens is 337 g/mol. The lowest BCUT2D eigenvalue weighted by molar-refractivity contribution is -0.137. The van der Waals surface area contributed by atoms with Crippen molar-refractivity contribution in [2.24, 2.45) is 0 Å². The largest absolute Gasteiger partial charge is 0.419 e. The topological polar surface area (TPSA) is 84.0 Å². The molecule has 7 nitrogen and oxygen atoms in total. The van der Waals surface area contributed by atoms with E-state index in [9.17, 15) is 13.2 Å². The number of nitrogens with one attached hydrogen (secondary N) is 3. The van der Waals surface area contributed by atoms with Gasteiger partial charge in [-0.15, -0.1) is 0 Å². The summed E-state index contributed by atoms with van der Waals surface area (Å²) in [6, 6.07) is 1.30. The Balaban J connectivity index is 1.77. The van der Waals surface area contributed by atoms with Crippen molar-refractivity contribution in [2.75, 3.05) is 36.9 Å². The van der Waals surface area contributed by atoms with Gasteiger partial charge in [0.25, 0.3) is 0 Å². The van der Waals surface area contributed by atoms with E-state index in [-0.39, 0.29) is 24.2 Å². The lowest BCUT2D eigenvalue weighted by atomic mass is 10.2. The van der Waals surface area contributed by atoms with Gasteiger partial charge in [-0.2, -0.15) is 13.2 Å². The zero-order chi connectivity index (χ0) is 17.7. The Morgan fingerprint density at radius 2 is 2.08 bits per heavy atom. The van der Waals surface area contributed by atoms with Gasteiger partial charge >= 0.3 is 6.18 Å². The molecule has 0 amide bonds. The van der Waals surface area contributed by atoms with Crippen LogP contribution in [0.2, 0.25) is 0 Å². The van der Waals surface area contributed by atoms with Crippen LogP contribution in [0.3, 0.4) is 0 Å². The highest BCUT2D eigenvalue weighted by Crippen LogP contribution is 2.35. The summed E-state index contributed by atoms with van der Waals surface area (Å²) in [4.78, 5) is 11.7. The van der Waals surface area contributed by atoms with Crippen LogP contribution in [0.1, 0.15) is 5.56 Å². The third-order valence-corrected chi connectivity index (χ3v) is 3.55. The van der Waals surface area contributed by atoms with Gasteiger partial charge in [-0.05, 0) is 0 Å². The number of pyridine rings is 1. The summed E-state index contributed by atoms with van der Waals surface area (Å²) in [5.41, 5.74) is -0.899. The SMILES string of the molecule is FC(F)(F)c1cnc(Nc2cnccn2)cc1NC[C@H]1CNCCO1. The lowest BCUT2D eigenvalue weighted by Crippen LogP contribution is -2.42. The van der Waals surface area contributed by atoms with E-state index < -0.39 is 11.7 Å². The summed E-state index contributed by atoms with van der Waals surface area (Å²) in [5, 5.41) is 8.77. The molecule has 0 saturated carbocycles. The second-order valence-electron chi connectivity index (χ2n) is 5.41. The molecule has 3 heterocycles. The van der Waals surface area contributed by atoms with E-state index in [2.05, 4.69) is 30.9 Å². The van der Waals surface area contributed by atoms with Crippen molar-refractivity contribution in [1.29, 1.82) is 0 Å². The van der Waals surface area contributed by atoms with E-state index in [1.165, 1.54) is 24.7 Å². The monoisotopic (exact) mass is 354 g/mol. The van der Waals surface area contributed by atoms with Crippen LogP contribution in [0.5, 0.6) is 0 Å². The number of morpholine rings is 1. The molecule has 134 valence electrons. The molecule has 0 aromatic carbocycles. The zero-order valence-electron chi connectivity index (χ0n) is 13.2. The molecule has 0 radical (unpaired) electrons. The number of rotatable bonds is 5. The average molecular weight is 354 g/mol. The number of ether oxygens (including phenoxy) is 1. The van der Waals surface area contributed by atoms with Crippen molar-refractivity contribution in [2.45, 2.75) is 12.3 Å². The predicted molar refractivity (Wildman–Crippen MR) is 85.7 cm³/mol. The summed E-state index contributed by atoms with van der Waals surface area (Å²) in [6.45, 7) is 2.12. The molecule has 3 N–H and O–H groups in total. The Morgan fingerprint density at radius 1 is 1.20 bits per heavy atom. The van der Waals surface area contributed by atoms with Crippen LogP contribution in [-0.4, -0.2) is 47.3 Å². The molecule has 0 unspecified atom stereocenters. The van der Waals surface area contributed by atoms with Crippen LogP contribution in [0.25, 0.3) is 0 Å². The Bertz CT molecular complexity index is 691. The lowest BCUT2D eigenvalue weighted by Gasteiger charge is -2.25. The third kappa shape index (κ3) is 4.77. The van der Waals surface area contributed by atoms with E-state index in [0.29, 0.717) is 19.0 Å². The van der Waals surface area contributed by atoms with Crippen LogP contribution in [0.15, 0.2) is 30.9 Å². The minimum atomic E-state index is -4.51. The van der Waals surface area contributed by atoms with E-state index in [1.54, 1.807) is 0 Å². The normalized spacial score (nSPS) is 18.0. The van der Waals surface area contributed by atoms with Gasteiger partial charge in [0.2, 0.25) is 0 Å². The minimum Gasteiger partial charge on any atom is -0.382 e. The van der Waals surface area contributed by atoms with E-state index in [4.69, 9.17) is 4.74 Å². The molecule has 2 aromatic rings. The predicted octanol–water partition coefficient (Wildman–Crippen LogP) is 2.03. The standard InChI is InChI=1S/C15H17F3N6O/c16-15(17,18)11-8-23-13(24-14-9-19-1-2-21-14)5-12(11)22-7-10-6-20-3-4-25-10/h1-2,5,8-10,20H,3-4,6-7H2,(H2,21,22,23,24)/t10-/m1/s1. The fraction of sp³-hybridized carbons (Fsp3) is 0.400. The van der Waals surface area contributed by atoms with Gasteiger partial charge in [-0.25, -0.2) is 9.97 Å². The maximum absolute atomic E-state index is 13.2. The highest BCUT2D eigenvalue weighted by atomic mass is 19.4. The maximum Gasteiger partial charge on any atom is 0.419 e. The van der Waals surface area contributed by atoms with Gasteiger partial charge in [-0.1, -0.05) is 0 Å². The first-order valence-corrected chi connectivity index (χ1v) is 7.69. The minimum absolute atomic E-state index is 0.0666. The summed E-state index contributed by atoms with van der Waals surface area (Å²) in [7, 11) is 0. The molecule has 1 atom stereocenters. The van der Waals surface area contributed by atoms with E-state index >= 15 is 0 Å². The number of aromatic nitrogens is 3. The second-order valence-corrected chi connectivity index (χ2v) is 5.41. The highest BCUT2D eigenvalue weighted by Gasteiger charge is 2.34. The molecule has 1 fully saturated rings. The zero-order valence-corrected chi connectivity index (χ0v) is 13.2. The van der Waals surface area contributed by atoms with Gasteiger partial charge in [-0.3, -0.25) is 4.98 Å². The molecule has 1 saturated heterocycles. The van der Waals surface area contributed by atoms with Crippen molar-refractivity contribution >= 4 is 17.3 Å².